The summed E-state index contributed by atoms with van der Waals surface area (Å²) in [6, 6.07) is 8.76. The van der Waals surface area contributed by atoms with Crippen molar-refractivity contribution in [1.29, 1.82) is 0 Å². The lowest BCUT2D eigenvalue weighted by Crippen LogP contribution is -2.39. The highest BCUT2D eigenvalue weighted by Gasteiger charge is 2.37. The second-order valence-electron chi connectivity index (χ2n) is 14.1. The molecular weight excluding hydrogens is 581 g/mol. The van der Waals surface area contributed by atoms with Crippen LogP contribution in [0.15, 0.2) is 36.5 Å². The number of carbonyl (C=O) groups is 1. The summed E-state index contributed by atoms with van der Waals surface area (Å²) in [7, 11) is 0. The summed E-state index contributed by atoms with van der Waals surface area (Å²) in [6.45, 7) is 16.7. The van der Waals surface area contributed by atoms with E-state index >= 15 is 0 Å². The molecule has 0 aliphatic carbocycles. The van der Waals surface area contributed by atoms with Crippen LogP contribution in [0.2, 0.25) is 0 Å². The molecule has 7 nitrogen and oxygen atoms in total. The predicted molar refractivity (Wildman–Crippen MR) is 170 cm³/mol. The van der Waals surface area contributed by atoms with Gasteiger partial charge < -0.3 is 19.6 Å². The van der Waals surface area contributed by atoms with Crippen molar-refractivity contribution in [2.45, 2.75) is 92.2 Å². The number of hydrogen-bond acceptors (Lipinski definition) is 6. The van der Waals surface area contributed by atoms with Gasteiger partial charge in [-0.1, -0.05) is 32.0 Å². The zero-order chi connectivity index (χ0) is 32.9. The Hall–Kier alpha value is -3.66. The lowest BCUT2D eigenvalue weighted by atomic mass is 9.81. The molecule has 1 saturated heterocycles. The largest absolute Gasteiger partial charge is 0.479 e. The van der Waals surface area contributed by atoms with Crippen molar-refractivity contribution in [3.63, 3.8) is 0 Å². The number of aryl methyl sites for hydroxylation is 2. The zero-order valence-electron chi connectivity index (χ0n) is 27.2. The number of hydrogen-bond donors (Lipinski definition) is 1. The first-order valence-electron chi connectivity index (χ1n) is 15.5. The first-order valence-corrected chi connectivity index (χ1v) is 15.5. The molecule has 0 spiro atoms. The average molecular weight is 625 g/mol. The molecule has 0 radical (unpaired) electrons. The van der Waals surface area contributed by atoms with Crippen molar-refractivity contribution in [2.24, 2.45) is 5.41 Å². The van der Waals surface area contributed by atoms with Gasteiger partial charge in [0.25, 0.3) is 0 Å². The molecule has 3 aromatic rings. The van der Waals surface area contributed by atoms with Crippen LogP contribution < -0.4 is 9.80 Å². The van der Waals surface area contributed by atoms with Crippen LogP contribution in [0.3, 0.4) is 0 Å². The van der Waals surface area contributed by atoms with Gasteiger partial charge in [-0.3, -0.25) is 4.98 Å². The quantitative estimate of drug-likeness (QED) is 0.299. The molecule has 45 heavy (non-hydrogen) atoms. The Morgan fingerprint density at radius 1 is 0.978 bits per heavy atom. The fourth-order valence-corrected chi connectivity index (χ4v) is 6.40. The third-order valence-electron chi connectivity index (χ3n) is 8.88. The number of anilines is 2. The molecule has 1 aromatic carbocycles. The van der Waals surface area contributed by atoms with E-state index in [1.54, 1.807) is 0 Å². The molecule has 1 fully saturated rings. The van der Waals surface area contributed by atoms with E-state index in [0.717, 1.165) is 71.8 Å². The van der Waals surface area contributed by atoms with E-state index in [1.165, 1.54) is 6.07 Å². The minimum absolute atomic E-state index is 0.196. The lowest BCUT2D eigenvalue weighted by molar-refractivity contribution is -0.160. The van der Waals surface area contributed by atoms with Gasteiger partial charge in [-0.2, -0.15) is 13.2 Å². The summed E-state index contributed by atoms with van der Waals surface area (Å²) < 4.78 is 45.4. The monoisotopic (exact) mass is 624 g/mol. The number of ether oxygens (including phenoxy) is 1. The normalized spacial score (nSPS) is 17.6. The number of rotatable bonds is 6. The summed E-state index contributed by atoms with van der Waals surface area (Å²) in [5.41, 5.74) is 5.76. The van der Waals surface area contributed by atoms with Gasteiger partial charge in [0.15, 0.2) is 6.10 Å². The SMILES string of the molecule is Cc1nc(C)c([C@H](OC(C)(C)C)C(=O)O)c(N2CCC(C)(C)CC2)c1-c1ccc2c(c1)CCN(c1ccc(C(F)(F)F)cn1)C2. The van der Waals surface area contributed by atoms with Crippen LogP contribution in [-0.4, -0.2) is 46.3 Å². The number of pyridine rings is 2. The number of carboxylic acid groups (broad SMARTS) is 1. The number of nitrogens with zero attached hydrogens (tertiary/aromatic N) is 4. The summed E-state index contributed by atoms with van der Waals surface area (Å²) in [6.07, 6.45) is -2.09. The van der Waals surface area contributed by atoms with Crippen LogP contribution in [0, 0.1) is 19.3 Å². The molecule has 0 bridgehead atoms. The maximum absolute atomic E-state index is 13.1. The van der Waals surface area contributed by atoms with Gasteiger partial charge in [-0.05, 0) is 88.1 Å². The fourth-order valence-electron chi connectivity index (χ4n) is 6.40. The number of piperidine rings is 1. The van der Waals surface area contributed by atoms with Gasteiger partial charge in [0.2, 0.25) is 0 Å². The second kappa shape index (κ2) is 11.9. The lowest BCUT2D eigenvalue weighted by Gasteiger charge is -2.41. The number of aliphatic carboxylic acids is 1. The molecule has 242 valence electrons. The Labute approximate surface area is 263 Å². The van der Waals surface area contributed by atoms with Crippen LogP contribution in [-0.2, 0) is 28.7 Å². The van der Waals surface area contributed by atoms with Gasteiger partial charge in [-0.25, -0.2) is 9.78 Å². The van der Waals surface area contributed by atoms with Crippen LogP contribution in [0.1, 0.15) is 87.2 Å². The van der Waals surface area contributed by atoms with Gasteiger partial charge in [-0.15, -0.1) is 0 Å². The summed E-state index contributed by atoms with van der Waals surface area (Å²) >= 11 is 0. The van der Waals surface area contributed by atoms with Gasteiger partial charge >= 0.3 is 12.1 Å². The Morgan fingerprint density at radius 3 is 2.24 bits per heavy atom. The molecule has 0 unspecified atom stereocenters. The van der Waals surface area contributed by atoms with E-state index in [9.17, 15) is 23.1 Å². The van der Waals surface area contributed by atoms with E-state index in [0.29, 0.717) is 36.6 Å². The highest BCUT2D eigenvalue weighted by atomic mass is 19.4. The Balaban J connectivity index is 1.57. The van der Waals surface area contributed by atoms with Gasteiger partial charge in [0.05, 0.1) is 16.9 Å². The molecule has 2 aliphatic rings. The molecule has 0 amide bonds. The van der Waals surface area contributed by atoms with Gasteiger partial charge in [0, 0.05) is 54.9 Å². The Bertz CT molecular complexity index is 1570. The van der Waals surface area contributed by atoms with Crippen LogP contribution in [0.4, 0.5) is 24.7 Å². The van der Waals surface area contributed by atoms with Gasteiger partial charge in [0.1, 0.15) is 5.82 Å². The van der Waals surface area contributed by atoms with Crippen molar-refractivity contribution in [2.75, 3.05) is 29.4 Å². The maximum atomic E-state index is 13.1. The van der Waals surface area contributed by atoms with E-state index in [4.69, 9.17) is 9.72 Å². The summed E-state index contributed by atoms with van der Waals surface area (Å²) in [5, 5.41) is 10.4. The van der Waals surface area contributed by atoms with Crippen molar-refractivity contribution in [3.8, 4) is 11.1 Å². The number of benzene rings is 1. The molecule has 1 atom stereocenters. The van der Waals surface area contributed by atoms with E-state index in [-0.39, 0.29) is 5.41 Å². The van der Waals surface area contributed by atoms with Crippen LogP contribution in [0.5, 0.6) is 0 Å². The third-order valence-corrected chi connectivity index (χ3v) is 8.88. The summed E-state index contributed by atoms with van der Waals surface area (Å²) in [4.78, 5) is 26.1. The number of halogens is 3. The molecule has 2 aliphatic heterocycles. The average Bonchev–Trinajstić information content (AvgIpc) is 2.94. The van der Waals surface area contributed by atoms with E-state index < -0.39 is 29.4 Å². The Kier molecular flexibility index (Phi) is 8.68. The smallest absolute Gasteiger partial charge is 0.417 e. The number of fused-ring (bicyclic) bond motifs is 1. The Morgan fingerprint density at radius 2 is 1.67 bits per heavy atom. The molecule has 5 rings (SSSR count). The van der Waals surface area contributed by atoms with E-state index in [2.05, 4.69) is 35.9 Å². The zero-order valence-corrected chi connectivity index (χ0v) is 27.2. The second-order valence-corrected chi connectivity index (χ2v) is 14.1. The molecule has 0 saturated carbocycles. The molecule has 4 heterocycles. The molecule has 1 N–H and O–H groups in total. The minimum Gasteiger partial charge on any atom is -0.479 e. The van der Waals surface area contributed by atoms with E-state index in [1.807, 2.05) is 45.6 Å². The number of carboxylic acids is 1. The van der Waals surface area contributed by atoms with Crippen molar-refractivity contribution >= 4 is 17.5 Å². The highest BCUT2D eigenvalue weighted by Crippen LogP contribution is 2.45. The number of alkyl halides is 3. The minimum atomic E-state index is -4.42. The standard InChI is InChI=1S/C35H43F3N4O3/c1-21-28(24-8-9-25-20-42(15-12-23(25)18-24)27-11-10-26(19-39-27)35(36,37)38)30(41-16-13-34(6,7)14-17-41)29(22(2)40-21)31(32(43)44)45-33(3,4)5/h8-11,18-19,31H,12-17,20H2,1-7H3,(H,43,44)/t31-/m0/s1. The van der Waals surface area contributed by atoms with Crippen LogP contribution >= 0.6 is 0 Å². The first-order chi connectivity index (χ1) is 20.9. The molecular formula is C35H43F3N4O3. The topological polar surface area (TPSA) is 78.8 Å². The van der Waals surface area contributed by atoms with Crippen molar-refractivity contribution < 1.29 is 27.8 Å². The predicted octanol–water partition coefficient (Wildman–Crippen LogP) is 7.91. The van der Waals surface area contributed by atoms with Crippen molar-refractivity contribution in [1.82, 2.24) is 9.97 Å². The third kappa shape index (κ3) is 7.11. The highest BCUT2D eigenvalue weighted by molar-refractivity contribution is 5.88. The molecule has 2 aromatic heterocycles. The maximum Gasteiger partial charge on any atom is 0.417 e. The number of aromatic nitrogens is 2. The molecule has 10 heteroatoms. The summed E-state index contributed by atoms with van der Waals surface area (Å²) in [5.74, 6) is -0.541. The van der Waals surface area contributed by atoms with Crippen molar-refractivity contribution in [3.05, 3.63) is 70.2 Å². The first kappa shape index (κ1) is 32.7. The fraction of sp³-hybridized carbons (Fsp3) is 0.514. The van der Waals surface area contributed by atoms with Crippen LogP contribution in [0.25, 0.3) is 11.1 Å².